The summed E-state index contributed by atoms with van der Waals surface area (Å²) in [5.74, 6) is 0. The van der Waals surface area contributed by atoms with Crippen LogP contribution in [0.25, 0.3) is 11.3 Å². The van der Waals surface area contributed by atoms with Crippen molar-refractivity contribution in [1.82, 2.24) is 15.2 Å². The van der Waals surface area contributed by atoms with Crippen molar-refractivity contribution in [2.24, 2.45) is 0 Å². The SMILES string of the molecule is CSc1nncc(-c2ccc(Cl)cc2Cl)n1. The summed E-state index contributed by atoms with van der Waals surface area (Å²) < 4.78 is 0. The summed E-state index contributed by atoms with van der Waals surface area (Å²) in [6, 6.07) is 5.27. The Hall–Kier alpha value is -0.840. The van der Waals surface area contributed by atoms with Gasteiger partial charge in [0.2, 0.25) is 5.16 Å². The Kier molecular flexibility index (Phi) is 3.63. The van der Waals surface area contributed by atoms with E-state index in [1.807, 2.05) is 12.3 Å². The van der Waals surface area contributed by atoms with Gasteiger partial charge in [-0.05, 0) is 24.5 Å². The molecule has 6 heteroatoms. The van der Waals surface area contributed by atoms with Crippen molar-refractivity contribution in [2.45, 2.75) is 5.16 Å². The molecule has 0 aliphatic heterocycles. The van der Waals surface area contributed by atoms with Gasteiger partial charge in [-0.1, -0.05) is 35.0 Å². The van der Waals surface area contributed by atoms with Crippen LogP contribution in [0.1, 0.15) is 0 Å². The second kappa shape index (κ2) is 4.99. The van der Waals surface area contributed by atoms with E-state index in [1.165, 1.54) is 11.8 Å². The number of aromatic nitrogens is 3. The largest absolute Gasteiger partial charge is 0.219 e. The van der Waals surface area contributed by atoms with Gasteiger partial charge in [-0.15, -0.1) is 5.10 Å². The van der Waals surface area contributed by atoms with E-state index >= 15 is 0 Å². The lowest BCUT2D eigenvalue weighted by Gasteiger charge is -2.03. The third kappa shape index (κ3) is 2.45. The molecular weight excluding hydrogens is 265 g/mol. The summed E-state index contributed by atoms with van der Waals surface area (Å²) in [4.78, 5) is 4.31. The quantitative estimate of drug-likeness (QED) is 0.783. The molecule has 0 spiro atoms. The summed E-state index contributed by atoms with van der Waals surface area (Å²) in [7, 11) is 0. The summed E-state index contributed by atoms with van der Waals surface area (Å²) in [6.45, 7) is 0. The molecule has 82 valence electrons. The highest BCUT2D eigenvalue weighted by Crippen LogP contribution is 2.29. The molecule has 0 saturated heterocycles. The molecule has 3 nitrogen and oxygen atoms in total. The van der Waals surface area contributed by atoms with Gasteiger partial charge < -0.3 is 0 Å². The molecule has 16 heavy (non-hydrogen) atoms. The second-order valence-electron chi connectivity index (χ2n) is 2.95. The highest BCUT2D eigenvalue weighted by Gasteiger charge is 2.07. The monoisotopic (exact) mass is 271 g/mol. The minimum atomic E-state index is 0.556. The molecule has 0 fully saturated rings. The summed E-state index contributed by atoms with van der Waals surface area (Å²) in [5.41, 5.74) is 1.50. The molecule has 0 aliphatic rings. The van der Waals surface area contributed by atoms with Crippen molar-refractivity contribution in [3.8, 4) is 11.3 Å². The standard InChI is InChI=1S/C10H7Cl2N3S/c1-16-10-14-9(5-13-15-10)7-3-2-6(11)4-8(7)12/h2-5H,1H3. The van der Waals surface area contributed by atoms with E-state index < -0.39 is 0 Å². The van der Waals surface area contributed by atoms with Gasteiger partial charge in [0.15, 0.2) is 0 Å². The zero-order chi connectivity index (χ0) is 11.5. The van der Waals surface area contributed by atoms with Crippen LogP contribution in [0.5, 0.6) is 0 Å². The van der Waals surface area contributed by atoms with Crippen LogP contribution in [-0.4, -0.2) is 21.4 Å². The molecule has 0 aliphatic carbocycles. The number of rotatable bonds is 2. The Morgan fingerprint density at radius 1 is 1.25 bits per heavy atom. The number of halogens is 2. The van der Waals surface area contributed by atoms with Crippen LogP contribution in [-0.2, 0) is 0 Å². The first-order valence-electron chi connectivity index (χ1n) is 4.40. The maximum absolute atomic E-state index is 6.08. The molecule has 0 saturated carbocycles. The average molecular weight is 272 g/mol. The van der Waals surface area contributed by atoms with Crippen molar-refractivity contribution in [3.63, 3.8) is 0 Å². The predicted octanol–water partition coefficient (Wildman–Crippen LogP) is 3.57. The van der Waals surface area contributed by atoms with Gasteiger partial charge in [0, 0.05) is 10.6 Å². The fourth-order valence-corrected chi connectivity index (χ4v) is 2.02. The van der Waals surface area contributed by atoms with Crippen molar-refractivity contribution in [3.05, 3.63) is 34.4 Å². The number of nitrogens with zero attached hydrogens (tertiary/aromatic N) is 3. The predicted molar refractivity (Wildman–Crippen MR) is 67.1 cm³/mol. The lowest BCUT2D eigenvalue weighted by atomic mass is 10.2. The van der Waals surface area contributed by atoms with Crippen LogP contribution in [0, 0.1) is 0 Å². The van der Waals surface area contributed by atoms with Crippen LogP contribution >= 0.6 is 35.0 Å². The number of hydrogen-bond acceptors (Lipinski definition) is 4. The van der Waals surface area contributed by atoms with E-state index in [4.69, 9.17) is 23.2 Å². The van der Waals surface area contributed by atoms with Gasteiger partial charge in [0.25, 0.3) is 0 Å². The Labute approximate surface area is 107 Å². The second-order valence-corrected chi connectivity index (χ2v) is 4.57. The normalized spacial score (nSPS) is 10.4. The van der Waals surface area contributed by atoms with Crippen molar-refractivity contribution in [1.29, 1.82) is 0 Å². The smallest absolute Gasteiger partial charge is 0.209 e. The fourth-order valence-electron chi connectivity index (χ4n) is 1.20. The van der Waals surface area contributed by atoms with Gasteiger partial charge in [-0.3, -0.25) is 0 Å². The Bertz CT molecular complexity index is 519. The molecule has 2 aromatic rings. The first-order chi connectivity index (χ1) is 7.70. The van der Waals surface area contributed by atoms with E-state index in [0.29, 0.717) is 20.9 Å². The van der Waals surface area contributed by atoms with Crippen molar-refractivity contribution >= 4 is 35.0 Å². The average Bonchev–Trinajstić information content (AvgIpc) is 2.29. The van der Waals surface area contributed by atoms with Crippen LogP contribution < -0.4 is 0 Å². The minimum absolute atomic E-state index is 0.556. The lowest BCUT2D eigenvalue weighted by molar-refractivity contribution is 0.846. The third-order valence-corrected chi connectivity index (χ3v) is 3.01. The number of benzene rings is 1. The van der Waals surface area contributed by atoms with Gasteiger partial charge >= 0.3 is 0 Å². The third-order valence-electron chi connectivity index (χ3n) is 1.93. The molecule has 1 aromatic heterocycles. The van der Waals surface area contributed by atoms with Crippen molar-refractivity contribution < 1.29 is 0 Å². The molecule has 0 atom stereocenters. The maximum atomic E-state index is 6.08. The van der Waals surface area contributed by atoms with E-state index in [2.05, 4.69) is 15.2 Å². The Morgan fingerprint density at radius 2 is 2.06 bits per heavy atom. The van der Waals surface area contributed by atoms with Crippen LogP contribution in [0.4, 0.5) is 0 Å². The molecule has 2 rings (SSSR count). The molecule has 0 amide bonds. The van der Waals surface area contributed by atoms with Gasteiger partial charge in [-0.25, -0.2) is 4.98 Å². The Balaban J connectivity index is 2.49. The molecule has 0 radical (unpaired) electrons. The zero-order valence-electron chi connectivity index (χ0n) is 8.32. The first kappa shape index (κ1) is 11.6. The van der Waals surface area contributed by atoms with Gasteiger partial charge in [0.1, 0.15) is 0 Å². The molecule has 0 N–H and O–H groups in total. The summed E-state index contributed by atoms with van der Waals surface area (Å²) in [5, 5.41) is 9.50. The summed E-state index contributed by atoms with van der Waals surface area (Å²) in [6.07, 6.45) is 3.47. The van der Waals surface area contributed by atoms with E-state index in [-0.39, 0.29) is 0 Å². The van der Waals surface area contributed by atoms with E-state index in [0.717, 1.165) is 5.56 Å². The topological polar surface area (TPSA) is 38.7 Å². The molecule has 0 unspecified atom stereocenters. The molecule has 1 aromatic carbocycles. The molecular formula is C10H7Cl2N3S. The molecule has 0 bridgehead atoms. The fraction of sp³-hybridized carbons (Fsp3) is 0.100. The highest BCUT2D eigenvalue weighted by molar-refractivity contribution is 7.98. The van der Waals surface area contributed by atoms with E-state index in [1.54, 1.807) is 18.3 Å². The summed E-state index contributed by atoms with van der Waals surface area (Å²) >= 11 is 13.3. The molecule has 1 heterocycles. The minimum Gasteiger partial charge on any atom is -0.219 e. The van der Waals surface area contributed by atoms with Gasteiger partial charge in [-0.2, -0.15) is 5.10 Å². The van der Waals surface area contributed by atoms with Gasteiger partial charge in [0.05, 0.1) is 16.9 Å². The van der Waals surface area contributed by atoms with Crippen LogP contribution in [0.3, 0.4) is 0 Å². The zero-order valence-corrected chi connectivity index (χ0v) is 10.6. The maximum Gasteiger partial charge on any atom is 0.209 e. The lowest BCUT2D eigenvalue weighted by Crippen LogP contribution is -1.93. The Morgan fingerprint density at radius 3 is 2.75 bits per heavy atom. The van der Waals surface area contributed by atoms with Crippen LogP contribution in [0.2, 0.25) is 10.0 Å². The van der Waals surface area contributed by atoms with Crippen LogP contribution in [0.15, 0.2) is 29.6 Å². The number of hydrogen-bond donors (Lipinski definition) is 0. The van der Waals surface area contributed by atoms with Crippen molar-refractivity contribution in [2.75, 3.05) is 6.26 Å². The highest BCUT2D eigenvalue weighted by atomic mass is 35.5. The van der Waals surface area contributed by atoms with E-state index in [9.17, 15) is 0 Å². The number of thioether (sulfide) groups is 1. The first-order valence-corrected chi connectivity index (χ1v) is 6.38.